The minimum Gasteiger partial charge on any atom is -0.340 e. The SMILES string of the molecule is O=C1CCCN1[C@H]1CC[C@@H](C(=O)Nc2ncc(-c3cc(F)cc(F)c3)cn2)CC1. The lowest BCUT2D eigenvalue weighted by Gasteiger charge is -2.34. The first-order valence-electron chi connectivity index (χ1n) is 9.88. The molecule has 0 radical (unpaired) electrons. The van der Waals surface area contributed by atoms with Crippen LogP contribution in [0.2, 0.25) is 0 Å². The van der Waals surface area contributed by atoms with E-state index in [9.17, 15) is 18.4 Å². The number of carbonyl (C=O) groups excluding carboxylic acids is 2. The zero-order chi connectivity index (χ0) is 20.4. The van der Waals surface area contributed by atoms with E-state index < -0.39 is 11.6 Å². The second kappa shape index (κ2) is 8.23. The number of anilines is 1. The smallest absolute Gasteiger partial charge is 0.229 e. The number of hydrogen-bond acceptors (Lipinski definition) is 4. The van der Waals surface area contributed by atoms with Crippen molar-refractivity contribution in [2.45, 2.75) is 44.6 Å². The van der Waals surface area contributed by atoms with Crippen LogP contribution in [0.15, 0.2) is 30.6 Å². The van der Waals surface area contributed by atoms with Gasteiger partial charge in [0.2, 0.25) is 17.8 Å². The van der Waals surface area contributed by atoms with Gasteiger partial charge in [-0.25, -0.2) is 18.7 Å². The van der Waals surface area contributed by atoms with Gasteiger partial charge in [0.1, 0.15) is 11.6 Å². The summed E-state index contributed by atoms with van der Waals surface area (Å²) in [5, 5.41) is 2.72. The Balaban J connectivity index is 1.33. The van der Waals surface area contributed by atoms with Crippen LogP contribution in [0.1, 0.15) is 38.5 Å². The van der Waals surface area contributed by atoms with Crippen molar-refractivity contribution in [3.63, 3.8) is 0 Å². The molecule has 2 aromatic rings. The van der Waals surface area contributed by atoms with Gasteiger partial charge in [-0.1, -0.05) is 0 Å². The summed E-state index contributed by atoms with van der Waals surface area (Å²) < 4.78 is 26.7. The fourth-order valence-electron chi connectivity index (χ4n) is 4.18. The predicted molar refractivity (Wildman–Crippen MR) is 103 cm³/mol. The molecular weight excluding hydrogens is 378 g/mol. The van der Waals surface area contributed by atoms with Gasteiger partial charge in [-0.05, 0) is 49.8 Å². The number of amides is 2. The van der Waals surface area contributed by atoms with Crippen molar-refractivity contribution in [1.82, 2.24) is 14.9 Å². The van der Waals surface area contributed by atoms with Crippen LogP contribution in [0, 0.1) is 17.6 Å². The number of benzene rings is 1. The second-order valence-electron chi connectivity index (χ2n) is 7.64. The zero-order valence-corrected chi connectivity index (χ0v) is 15.9. The van der Waals surface area contributed by atoms with Gasteiger partial charge >= 0.3 is 0 Å². The normalized spacial score (nSPS) is 22.0. The molecule has 1 aromatic heterocycles. The fourth-order valence-corrected chi connectivity index (χ4v) is 4.18. The Labute approximate surface area is 167 Å². The van der Waals surface area contributed by atoms with E-state index in [0.29, 0.717) is 17.5 Å². The molecule has 2 heterocycles. The molecule has 8 heteroatoms. The summed E-state index contributed by atoms with van der Waals surface area (Å²) in [5.41, 5.74) is 0.785. The molecule has 1 saturated heterocycles. The van der Waals surface area contributed by atoms with Crippen molar-refractivity contribution in [2.75, 3.05) is 11.9 Å². The van der Waals surface area contributed by atoms with Gasteiger partial charge in [-0.3, -0.25) is 14.9 Å². The van der Waals surface area contributed by atoms with Crippen molar-refractivity contribution in [3.05, 3.63) is 42.2 Å². The summed E-state index contributed by atoms with van der Waals surface area (Å²) in [7, 11) is 0. The maximum absolute atomic E-state index is 13.4. The highest BCUT2D eigenvalue weighted by Crippen LogP contribution is 2.30. The third kappa shape index (κ3) is 4.41. The summed E-state index contributed by atoms with van der Waals surface area (Å²) >= 11 is 0. The zero-order valence-electron chi connectivity index (χ0n) is 15.9. The third-order valence-corrected chi connectivity index (χ3v) is 5.70. The minimum atomic E-state index is -0.677. The lowest BCUT2D eigenvalue weighted by molar-refractivity contribution is -0.130. The highest BCUT2D eigenvalue weighted by Gasteiger charge is 2.33. The maximum atomic E-state index is 13.4. The number of carbonyl (C=O) groups is 2. The van der Waals surface area contributed by atoms with Gasteiger partial charge in [0.25, 0.3) is 0 Å². The van der Waals surface area contributed by atoms with E-state index in [-0.39, 0.29) is 29.7 Å². The van der Waals surface area contributed by atoms with Crippen molar-refractivity contribution < 1.29 is 18.4 Å². The molecule has 1 aliphatic carbocycles. The number of hydrogen-bond donors (Lipinski definition) is 1. The topological polar surface area (TPSA) is 75.2 Å². The number of aromatic nitrogens is 2. The average molecular weight is 400 g/mol. The highest BCUT2D eigenvalue weighted by atomic mass is 19.1. The van der Waals surface area contributed by atoms with Crippen LogP contribution in [-0.2, 0) is 9.59 Å². The van der Waals surface area contributed by atoms with E-state index in [4.69, 9.17) is 0 Å². The molecule has 0 atom stereocenters. The number of likely N-dealkylation sites (tertiary alicyclic amines) is 1. The van der Waals surface area contributed by atoms with Gasteiger partial charge in [0.05, 0.1) is 0 Å². The molecular formula is C21H22F2N4O2. The average Bonchev–Trinajstić information content (AvgIpc) is 3.14. The third-order valence-electron chi connectivity index (χ3n) is 5.70. The predicted octanol–water partition coefficient (Wildman–Crippen LogP) is 3.54. The minimum absolute atomic E-state index is 0.135. The van der Waals surface area contributed by atoms with E-state index in [1.54, 1.807) is 0 Å². The Morgan fingerprint density at radius 3 is 2.24 bits per heavy atom. The first-order chi connectivity index (χ1) is 14.0. The quantitative estimate of drug-likeness (QED) is 0.852. The Bertz CT molecular complexity index is 891. The maximum Gasteiger partial charge on any atom is 0.229 e. The van der Waals surface area contributed by atoms with Gasteiger partial charge in [0, 0.05) is 48.9 Å². The molecule has 2 aliphatic rings. The monoisotopic (exact) mass is 400 g/mol. The number of nitrogens with zero attached hydrogens (tertiary/aromatic N) is 3. The lowest BCUT2D eigenvalue weighted by atomic mass is 9.85. The van der Waals surface area contributed by atoms with Crippen molar-refractivity contribution in [1.29, 1.82) is 0 Å². The van der Waals surface area contributed by atoms with Crippen LogP contribution in [0.5, 0.6) is 0 Å². The molecule has 1 aromatic carbocycles. The van der Waals surface area contributed by atoms with Gasteiger partial charge < -0.3 is 4.90 Å². The van der Waals surface area contributed by atoms with Crippen LogP contribution in [0.3, 0.4) is 0 Å². The van der Waals surface area contributed by atoms with Crippen LogP contribution >= 0.6 is 0 Å². The Kier molecular flexibility index (Phi) is 5.51. The molecule has 152 valence electrons. The van der Waals surface area contributed by atoms with Gasteiger partial charge in [-0.2, -0.15) is 0 Å². The molecule has 0 unspecified atom stereocenters. The summed E-state index contributed by atoms with van der Waals surface area (Å²) in [6.45, 7) is 0.829. The molecule has 2 amide bonds. The Morgan fingerprint density at radius 1 is 1.00 bits per heavy atom. The van der Waals surface area contributed by atoms with Gasteiger partial charge in [-0.15, -0.1) is 0 Å². The van der Waals surface area contributed by atoms with E-state index in [1.165, 1.54) is 24.5 Å². The van der Waals surface area contributed by atoms with Crippen molar-refractivity contribution in [3.8, 4) is 11.1 Å². The molecule has 1 aliphatic heterocycles. The van der Waals surface area contributed by atoms with E-state index in [0.717, 1.165) is 44.7 Å². The van der Waals surface area contributed by atoms with Crippen molar-refractivity contribution in [2.24, 2.45) is 5.92 Å². The van der Waals surface area contributed by atoms with E-state index in [1.807, 2.05) is 4.90 Å². The molecule has 2 fully saturated rings. The van der Waals surface area contributed by atoms with Crippen LogP contribution in [0.25, 0.3) is 11.1 Å². The number of nitrogens with one attached hydrogen (secondary N) is 1. The summed E-state index contributed by atoms with van der Waals surface area (Å²) in [5.74, 6) is -1.24. The largest absolute Gasteiger partial charge is 0.340 e. The standard InChI is InChI=1S/C21H22F2N4O2/c22-16-8-14(9-17(23)10-16)15-11-24-21(25-12-15)26-20(29)13-3-5-18(6-4-13)27-7-1-2-19(27)28/h8-13,18H,1-7H2,(H,24,25,26,29)/t13-,18+. The van der Waals surface area contributed by atoms with Crippen LogP contribution in [-0.4, -0.2) is 39.3 Å². The Hall–Kier alpha value is -2.90. The highest BCUT2D eigenvalue weighted by molar-refractivity contribution is 5.91. The van der Waals surface area contributed by atoms with Gasteiger partial charge in [0.15, 0.2) is 0 Å². The molecule has 29 heavy (non-hydrogen) atoms. The molecule has 4 rings (SSSR count). The lowest BCUT2D eigenvalue weighted by Crippen LogP contribution is -2.40. The first kappa shape index (κ1) is 19.4. The van der Waals surface area contributed by atoms with E-state index in [2.05, 4.69) is 15.3 Å². The second-order valence-corrected chi connectivity index (χ2v) is 7.64. The molecule has 6 nitrogen and oxygen atoms in total. The number of rotatable bonds is 4. The van der Waals surface area contributed by atoms with Crippen LogP contribution in [0.4, 0.5) is 14.7 Å². The number of halogens is 2. The summed E-state index contributed by atoms with van der Waals surface area (Å²) in [6, 6.07) is 3.44. The first-order valence-corrected chi connectivity index (χ1v) is 9.88. The molecule has 0 spiro atoms. The Morgan fingerprint density at radius 2 is 1.66 bits per heavy atom. The summed E-state index contributed by atoms with van der Waals surface area (Å²) in [6.07, 6.45) is 7.51. The molecule has 1 saturated carbocycles. The fraction of sp³-hybridized carbons (Fsp3) is 0.429. The summed E-state index contributed by atoms with van der Waals surface area (Å²) in [4.78, 5) is 34.6. The molecule has 0 bridgehead atoms. The van der Waals surface area contributed by atoms with E-state index >= 15 is 0 Å². The van der Waals surface area contributed by atoms with Crippen LogP contribution < -0.4 is 5.32 Å². The van der Waals surface area contributed by atoms with Crippen molar-refractivity contribution >= 4 is 17.8 Å². The molecule has 1 N–H and O–H groups in total.